The summed E-state index contributed by atoms with van der Waals surface area (Å²) in [6, 6.07) is 6.16. The maximum Gasteiger partial charge on any atom is 0.289 e. The largest absolute Gasteiger partial charge is 0.483 e. The zero-order chi connectivity index (χ0) is 23.0. The number of hydrogen-bond donors (Lipinski definition) is 0. The summed E-state index contributed by atoms with van der Waals surface area (Å²) in [6.07, 6.45) is 4.29. The molecule has 0 radical (unpaired) electrons. The summed E-state index contributed by atoms with van der Waals surface area (Å²) in [4.78, 5) is 21.8. The van der Waals surface area contributed by atoms with Crippen molar-refractivity contribution in [2.24, 2.45) is 0 Å². The molecule has 0 aliphatic carbocycles. The monoisotopic (exact) mass is 442 g/mol. The van der Waals surface area contributed by atoms with Gasteiger partial charge in [-0.2, -0.15) is 13.8 Å². The quantitative estimate of drug-likeness (QED) is 0.446. The molecule has 3 aromatic rings. The highest BCUT2D eigenvalue weighted by Gasteiger charge is 2.34. The van der Waals surface area contributed by atoms with E-state index in [-0.39, 0.29) is 24.0 Å². The highest BCUT2D eigenvalue weighted by Crippen LogP contribution is 2.29. The number of imidazole rings is 1. The fourth-order valence-corrected chi connectivity index (χ4v) is 3.66. The molecule has 1 aromatic carbocycles. The summed E-state index contributed by atoms with van der Waals surface area (Å²) in [6.45, 7) is 5.42. The Bertz CT molecular complexity index is 1210. The van der Waals surface area contributed by atoms with Gasteiger partial charge in [0.05, 0.1) is 30.3 Å². The Morgan fingerprint density at radius 1 is 1.22 bits per heavy atom. The molecule has 1 aliphatic heterocycles. The third-order valence-corrected chi connectivity index (χ3v) is 5.27. The Labute approximate surface area is 183 Å². The predicted molar refractivity (Wildman–Crippen MR) is 111 cm³/mol. The lowest BCUT2D eigenvalue weighted by Crippen LogP contribution is -2.45. The summed E-state index contributed by atoms with van der Waals surface area (Å²) in [5, 5.41) is 0. The van der Waals surface area contributed by atoms with Crippen LogP contribution in [-0.4, -0.2) is 38.0 Å². The van der Waals surface area contributed by atoms with Crippen LogP contribution in [0, 0.1) is 24.6 Å². The predicted octanol–water partition coefficient (Wildman–Crippen LogP) is 4.34. The van der Waals surface area contributed by atoms with Gasteiger partial charge in [-0.25, -0.2) is 9.37 Å². The third-order valence-electron chi connectivity index (χ3n) is 5.27. The lowest BCUT2D eigenvalue weighted by atomic mass is 10.1. The molecule has 32 heavy (non-hydrogen) atoms. The molecule has 1 fully saturated rings. The van der Waals surface area contributed by atoms with Crippen molar-refractivity contribution in [3.63, 3.8) is 0 Å². The number of hydrogen-bond acceptors (Lipinski definition) is 4. The van der Waals surface area contributed by atoms with Crippen LogP contribution in [0.4, 0.5) is 13.2 Å². The summed E-state index contributed by atoms with van der Waals surface area (Å²) in [7, 11) is 0. The van der Waals surface area contributed by atoms with Gasteiger partial charge >= 0.3 is 0 Å². The SMILES string of the molecule is Cc1cn(-c2ccc(/C=C3\O[C@@H](C)CN([C@@H](C)c4ccc(F)nc4F)C3=O)cc2F)cn1. The zero-order valence-electron chi connectivity index (χ0n) is 17.7. The van der Waals surface area contributed by atoms with E-state index in [2.05, 4.69) is 9.97 Å². The molecule has 4 rings (SSSR count). The van der Waals surface area contributed by atoms with Crippen molar-refractivity contribution < 1.29 is 22.7 Å². The van der Waals surface area contributed by atoms with Crippen molar-refractivity contribution in [2.75, 3.05) is 6.54 Å². The van der Waals surface area contributed by atoms with E-state index < -0.39 is 29.7 Å². The molecule has 166 valence electrons. The minimum Gasteiger partial charge on any atom is -0.483 e. The van der Waals surface area contributed by atoms with E-state index in [0.29, 0.717) is 11.3 Å². The normalized spacial score (nSPS) is 18.7. The first-order valence-electron chi connectivity index (χ1n) is 10.0. The smallest absolute Gasteiger partial charge is 0.289 e. The molecule has 2 atom stereocenters. The molecule has 0 spiro atoms. The molecule has 0 saturated carbocycles. The first-order chi connectivity index (χ1) is 15.2. The Balaban J connectivity index is 1.62. The number of ether oxygens (including phenoxy) is 1. The molecule has 2 aromatic heterocycles. The van der Waals surface area contributed by atoms with Gasteiger partial charge in [0.2, 0.25) is 11.9 Å². The van der Waals surface area contributed by atoms with Crippen molar-refractivity contribution in [3.8, 4) is 5.69 Å². The van der Waals surface area contributed by atoms with E-state index >= 15 is 0 Å². The lowest BCUT2D eigenvalue weighted by molar-refractivity contribution is -0.141. The second-order valence-corrected chi connectivity index (χ2v) is 7.72. The Hall–Kier alpha value is -3.62. The number of pyridine rings is 1. The Morgan fingerprint density at radius 3 is 2.66 bits per heavy atom. The molecule has 9 heteroatoms. The standard InChI is InChI=1S/C23H21F3N4O2/c1-13-10-29(12-27-13)19-6-4-16(8-18(19)24)9-20-23(31)30(11-14(2)32-20)15(3)17-5-7-21(25)28-22(17)26/h4-10,12,14-15H,11H2,1-3H3/b20-9-/t14-,15-/m0/s1. The molecule has 6 nitrogen and oxygen atoms in total. The van der Waals surface area contributed by atoms with Crippen LogP contribution in [0.2, 0.25) is 0 Å². The zero-order valence-corrected chi connectivity index (χ0v) is 17.7. The number of rotatable bonds is 4. The summed E-state index contributed by atoms with van der Waals surface area (Å²) in [5.74, 6) is -2.86. The van der Waals surface area contributed by atoms with Gasteiger partial charge < -0.3 is 14.2 Å². The van der Waals surface area contributed by atoms with E-state index in [4.69, 9.17) is 4.74 Å². The van der Waals surface area contributed by atoms with E-state index in [0.717, 1.165) is 11.8 Å². The Kier molecular flexibility index (Phi) is 5.73. The van der Waals surface area contributed by atoms with Crippen LogP contribution in [-0.2, 0) is 9.53 Å². The van der Waals surface area contributed by atoms with Crippen molar-refractivity contribution in [1.82, 2.24) is 19.4 Å². The fraction of sp³-hybridized carbons (Fsp3) is 0.261. The van der Waals surface area contributed by atoms with Gasteiger partial charge in [0.15, 0.2) is 5.76 Å². The number of benzene rings is 1. The van der Waals surface area contributed by atoms with Crippen molar-refractivity contribution >= 4 is 12.0 Å². The van der Waals surface area contributed by atoms with Crippen LogP contribution < -0.4 is 0 Å². The summed E-state index contributed by atoms with van der Waals surface area (Å²) in [5.41, 5.74) is 1.61. The molecular formula is C23H21F3N4O2. The number of carbonyl (C=O) groups excluding carboxylic acids is 1. The summed E-state index contributed by atoms with van der Waals surface area (Å²) < 4.78 is 49.3. The second kappa shape index (κ2) is 8.49. The topological polar surface area (TPSA) is 60.2 Å². The van der Waals surface area contributed by atoms with Crippen LogP contribution >= 0.6 is 0 Å². The van der Waals surface area contributed by atoms with Crippen LogP contribution in [0.3, 0.4) is 0 Å². The fourth-order valence-electron chi connectivity index (χ4n) is 3.66. The highest BCUT2D eigenvalue weighted by molar-refractivity contribution is 5.96. The number of aryl methyl sites for hydroxylation is 1. The molecule has 0 unspecified atom stereocenters. The van der Waals surface area contributed by atoms with Crippen LogP contribution in [0.25, 0.3) is 11.8 Å². The molecule has 1 aliphatic rings. The van der Waals surface area contributed by atoms with Gasteiger partial charge in [-0.3, -0.25) is 4.79 Å². The average molecular weight is 442 g/mol. The van der Waals surface area contributed by atoms with E-state index in [1.165, 1.54) is 29.4 Å². The molecule has 3 heterocycles. The highest BCUT2D eigenvalue weighted by atomic mass is 19.1. The van der Waals surface area contributed by atoms with Gasteiger partial charge in [-0.05, 0) is 56.7 Å². The molecular weight excluding hydrogens is 421 g/mol. The van der Waals surface area contributed by atoms with Crippen molar-refractivity contribution in [2.45, 2.75) is 32.9 Å². The van der Waals surface area contributed by atoms with Crippen LogP contribution in [0.5, 0.6) is 0 Å². The number of carbonyl (C=O) groups is 1. The van der Waals surface area contributed by atoms with E-state index in [1.807, 2.05) is 0 Å². The van der Waals surface area contributed by atoms with Crippen molar-refractivity contribution in [3.05, 3.63) is 83.1 Å². The maximum absolute atomic E-state index is 14.7. The number of morpholine rings is 1. The lowest BCUT2D eigenvalue weighted by Gasteiger charge is -2.37. The minimum atomic E-state index is -0.970. The number of amides is 1. The minimum absolute atomic E-state index is 0.0108. The van der Waals surface area contributed by atoms with Gasteiger partial charge in [-0.15, -0.1) is 0 Å². The molecule has 0 N–H and O–H groups in total. The van der Waals surface area contributed by atoms with Crippen molar-refractivity contribution in [1.29, 1.82) is 0 Å². The van der Waals surface area contributed by atoms with E-state index in [1.54, 1.807) is 43.7 Å². The maximum atomic E-state index is 14.7. The summed E-state index contributed by atoms with van der Waals surface area (Å²) >= 11 is 0. The first kappa shape index (κ1) is 21.6. The second-order valence-electron chi connectivity index (χ2n) is 7.72. The molecule has 1 saturated heterocycles. The number of aromatic nitrogens is 3. The number of halogens is 3. The van der Waals surface area contributed by atoms with Gasteiger partial charge in [0.25, 0.3) is 5.91 Å². The average Bonchev–Trinajstić information content (AvgIpc) is 3.16. The number of nitrogens with zero attached hydrogens (tertiary/aromatic N) is 4. The third kappa shape index (κ3) is 4.23. The van der Waals surface area contributed by atoms with Crippen LogP contribution in [0.1, 0.15) is 36.7 Å². The van der Waals surface area contributed by atoms with Gasteiger partial charge in [0.1, 0.15) is 11.9 Å². The Morgan fingerprint density at radius 2 is 2.00 bits per heavy atom. The molecule has 1 amide bonds. The van der Waals surface area contributed by atoms with Crippen LogP contribution in [0.15, 0.2) is 48.6 Å². The van der Waals surface area contributed by atoms with Gasteiger partial charge in [-0.1, -0.05) is 6.07 Å². The van der Waals surface area contributed by atoms with E-state index in [9.17, 15) is 18.0 Å². The molecule has 0 bridgehead atoms. The first-order valence-corrected chi connectivity index (χ1v) is 10.0. The van der Waals surface area contributed by atoms with Gasteiger partial charge in [0, 0.05) is 11.8 Å².